The van der Waals surface area contributed by atoms with Crippen LogP contribution >= 0.6 is 0 Å². The molecule has 0 aliphatic heterocycles. The highest BCUT2D eigenvalue weighted by Crippen LogP contribution is 2.27. The van der Waals surface area contributed by atoms with Crippen molar-refractivity contribution in [1.29, 1.82) is 0 Å². The second-order valence-corrected chi connectivity index (χ2v) is 7.72. The third-order valence-corrected chi connectivity index (χ3v) is 5.75. The fourth-order valence-corrected chi connectivity index (χ4v) is 3.97. The van der Waals surface area contributed by atoms with Gasteiger partial charge in [0.2, 0.25) is 10.0 Å². The fourth-order valence-electron chi connectivity index (χ4n) is 2.75. The van der Waals surface area contributed by atoms with Gasteiger partial charge in [-0.2, -0.15) is 0 Å². The Kier molecular flexibility index (Phi) is 4.53. The molecule has 2 aromatic heterocycles. The topological polar surface area (TPSA) is 72.7 Å². The fraction of sp³-hybridized carbons (Fsp3) is 0.278. The van der Waals surface area contributed by atoms with Gasteiger partial charge in [-0.3, -0.25) is 0 Å². The van der Waals surface area contributed by atoms with Gasteiger partial charge < -0.3 is 9.14 Å². The first-order chi connectivity index (χ1) is 11.8. The van der Waals surface area contributed by atoms with Gasteiger partial charge in [-0.25, -0.2) is 18.1 Å². The number of fused-ring (bicyclic) bond motifs is 1. The molecule has 2 heterocycles. The van der Waals surface area contributed by atoms with E-state index in [2.05, 4.69) is 9.71 Å². The predicted octanol–water partition coefficient (Wildman–Crippen LogP) is 2.75. The number of sulfonamides is 1. The molecule has 25 heavy (non-hydrogen) atoms. The summed E-state index contributed by atoms with van der Waals surface area (Å²) in [6, 6.07) is 9.05. The van der Waals surface area contributed by atoms with Gasteiger partial charge in [0, 0.05) is 6.20 Å². The Labute approximate surface area is 147 Å². The van der Waals surface area contributed by atoms with E-state index in [9.17, 15) is 8.42 Å². The van der Waals surface area contributed by atoms with Gasteiger partial charge in [0.15, 0.2) is 0 Å². The lowest BCUT2D eigenvalue weighted by molar-refractivity contribution is 0.401. The Morgan fingerprint density at radius 1 is 1.16 bits per heavy atom. The van der Waals surface area contributed by atoms with Crippen LogP contribution in [0.15, 0.2) is 41.4 Å². The summed E-state index contributed by atoms with van der Waals surface area (Å²) in [5.41, 5.74) is 4.27. The highest BCUT2D eigenvalue weighted by Gasteiger charge is 2.21. The normalized spacial score (nSPS) is 11.8. The maximum absolute atomic E-state index is 12.8. The zero-order valence-corrected chi connectivity index (χ0v) is 15.5. The molecule has 132 valence electrons. The summed E-state index contributed by atoms with van der Waals surface area (Å²) in [5, 5.41) is 0. The summed E-state index contributed by atoms with van der Waals surface area (Å²) in [7, 11) is -2.25. The zero-order chi connectivity index (χ0) is 18.2. The lowest BCUT2D eigenvalue weighted by atomic mass is 10.1. The monoisotopic (exact) mass is 359 g/mol. The van der Waals surface area contributed by atoms with Crippen molar-refractivity contribution in [1.82, 2.24) is 14.1 Å². The molecule has 0 saturated heterocycles. The third kappa shape index (κ3) is 3.25. The van der Waals surface area contributed by atoms with Crippen molar-refractivity contribution in [3.63, 3.8) is 0 Å². The smallest absolute Gasteiger partial charge is 0.244 e. The molecule has 7 heteroatoms. The van der Waals surface area contributed by atoms with Crippen LogP contribution in [0.4, 0.5) is 0 Å². The van der Waals surface area contributed by atoms with Crippen molar-refractivity contribution in [2.75, 3.05) is 7.11 Å². The van der Waals surface area contributed by atoms with Gasteiger partial charge in [0.1, 0.15) is 16.3 Å². The van der Waals surface area contributed by atoms with Gasteiger partial charge in [0.25, 0.3) is 0 Å². The van der Waals surface area contributed by atoms with Crippen molar-refractivity contribution in [2.24, 2.45) is 0 Å². The van der Waals surface area contributed by atoms with Crippen molar-refractivity contribution >= 4 is 15.7 Å². The number of hydrogen-bond acceptors (Lipinski definition) is 4. The molecule has 0 atom stereocenters. The van der Waals surface area contributed by atoms with E-state index in [0.29, 0.717) is 5.75 Å². The van der Waals surface area contributed by atoms with Crippen molar-refractivity contribution in [3.05, 3.63) is 59.0 Å². The number of ether oxygens (including phenoxy) is 1. The SMILES string of the molecule is COc1cc(C)c(C)cc1S(=O)(=O)NCc1c(C)nc2ccccn12. The Balaban J connectivity index is 1.95. The average Bonchev–Trinajstić information content (AvgIpc) is 2.90. The van der Waals surface area contributed by atoms with Crippen LogP contribution in [0.3, 0.4) is 0 Å². The van der Waals surface area contributed by atoms with Crippen molar-refractivity contribution in [3.8, 4) is 5.75 Å². The Morgan fingerprint density at radius 3 is 2.60 bits per heavy atom. The van der Waals surface area contributed by atoms with Gasteiger partial charge >= 0.3 is 0 Å². The minimum atomic E-state index is -3.72. The molecule has 0 radical (unpaired) electrons. The third-order valence-electron chi connectivity index (χ3n) is 4.33. The lowest BCUT2D eigenvalue weighted by Crippen LogP contribution is -2.25. The van der Waals surface area contributed by atoms with E-state index < -0.39 is 10.0 Å². The maximum atomic E-state index is 12.8. The predicted molar refractivity (Wildman–Crippen MR) is 96.4 cm³/mol. The standard InChI is InChI=1S/C18H21N3O3S/c1-12-9-16(24-4)17(10-13(12)2)25(22,23)19-11-15-14(3)20-18-7-5-6-8-21(15)18/h5-10,19H,11H2,1-4H3. The van der Waals surface area contributed by atoms with E-state index in [4.69, 9.17) is 4.74 Å². The molecular weight excluding hydrogens is 338 g/mol. The first-order valence-electron chi connectivity index (χ1n) is 7.91. The number of methoxy groups -OCH3 is 1. The summed E-state index contributed by atoms with van der Waals surface area (Å²) in [6.45, 7) is 5.81. The first kappa shape index (κ1) is 17.4. The highest BCUT2D eigenvalue weighted by molar-refractivity contribution is 7.89. The van der Waals surface area contributed by atoms with Gasteiger partial charge in [-0.05, 0) is 56.2 Å². The molecule has 6 nitrogen and oxygen atoms in total. The number of pyridine rings is 1. The van der Waals surface area contributed by atoms with Gasteiger partial charge in [-0.1, -0.05) is 6.07 Å². The Hall–Kier alpha value is -2.38. The minimum Gasteiger partial charge on any atom is -0.495 e. The second kappa shape index (κ2) is 6.50. The van der Waals surface area contributed by atoms with E-state index in [-0.39, 0.29) is 11.4 Å². The first-order valence-corrected chi connectivity index (χ1v) is 9.39. The number of nitrogens with zero attached hydrogens (tertiary/aromatic N) is 2. The summed E-state index contributed by atoms with van der Waals surface area (Å²) < 4.78 is 35.4. The van der Waals surface area contributed by atoms with Crippen LogP contribution in [0.25, 0.3) is 5.65 Å². The Morgan fingerprint density at radius 2 is 1.88 bits per heavy atom. The molecule has 3 rings (SSSR count). The van der Waals surface area contributed by atoms with Crippen LogP contribution in [0.5, 0.6) is 5.75 Å². The van der Waals surface area contributed by atoms with E-state index >= 15 is 0 Å². The largest absolute Gasteiger partial charge is 0.495 e. The quantitative estimate of drug-likeness (QED) is 0.760. The molecule has 0 aliphatic carbocycles. The molecule has 0 bridgehead atoms. The van der Waals surface area contributed by atoms with Crippen molar-refractivity contribution in [2.45, 2.75) is 32.2 Å². The van der Waals surface area contributed by atoms with Crippen LogP contribution in [-0.2, 0) is 16.6 Å². The van der Waals surface area contributed by atoms with E-state index in [1.807, 2.05) is 49.6 Å². The summed E-state index contributed by atoms with van der Waals surface area (Å²) in [6.07, 6.45) is 1.87. The number of rotatable bonds is 5. The molecule has 0 aliphatic rings. The molecule has 3 aromatic rings. The number of benzene rings is 1. The van der Waals surface area contributed by atoms with Crippen LogP contribution in [0.1, 0.15) is 22.5 Å². The maximum Gasteiger partial charge on any atom is 0.244 e. The average molecular weight is 359 g/mol. The van der Waals surface area contributed by atoms with Gasteiger partial charge in [-0.15, -0.1) is 0 Å². The van der Waals surface area contributed by atoms with Crippen LogP contribution in [0.2, 0.25) is 0 Å². The van der Waals surface area contributed by atoms with Crippen LogP contribution in [0, 0.1) is 20.8 Å². The molecule has 0 spiro atoms. The van der Waals surface area contributed by atoms with E-state index in [0.717, 1.165) is 28.2 Å². The number of nitrogens with one attached hydrogen (secondary N) is 1. The highest BCUT2D eigenvalue weighted by atomic mass is 32.2. The molecule has 0 unspecified atom stereocenters. The minimum absolute atomic E-state index is 0.143. The number of imidazole rings is 1. The summed E-state index contributed by atoms with van der Waals surface area (Å²) in [4.78, 5) is 4.59. The van der Waals surface area contributed by atoms with Gasteiger partial charge in [0.05, 0.1) is 25.0 Å². The molecule has 0 saturated carbocycles. The molecule has 1 aromatic carbocycles. The lowest BCUT2D eigenvalue weighted by Gasteiger charge is -2.13. The molecule has 1 N–H and O–H groups in total. The Bertz CT molecular complexity index is 1040. The molecule has 0 fully saturated rings. The number of hydrogen-bond donors (Lipinski definition) is 1. The number of aryl methyl sites for hydroxylation is 3. The van der Waals surface area contributed by atoms with E-state index in [1.165, 1.54) is 7.11 Å². The van der Waals surface area contributed by atoms with Crippen LogP contribution in [-0.4, -0.2) is 24.9 Å². The summed E-state index contributed by atoms with van der Waals surface area (Å²) >= 11 is 0. The summed E-state index contributed by atoms with van der Waals surface area (Å²) in [5.74, 6) is 0.338. The number of aromatic nitrogens is 2. The second-order valence-electron chi connectivity index (χ2n) is 5.98. The van der Waals surface area contributed by atoms with E-state index in [1.54, 1.807) is 12.1 Å². The zero-order valence-electron chi connectivity index (χ0n) is 14.7. The van der Waals surface area contributed by atoms with Crippen LogP contribution < -0.4 is 9.46 Å². The molecular formula is C18H21N3O3S. The van der Waals surface area contributed by atoms with Crippen molar-refractivity contribution < 1.29 is 13.2 Å². The molecule has 0 amide bonds.